The second-order valence-electron chi connectivity index (χ2n) is 4.53. The minimum Gasteiger partial charge on any atom is -0.481 e. The van der Waals surface area contributed by atoms with Crippen molar-refractivity contribution in [3.63, 3.8) is 0 Å². The first-order valence-electron chi connectivity index (χ1n) is 6.95. The van der Waals surface area contributed by atoms with Crippen molar-refractivity contribution in [1.29, 1.82) is 0 Å². The first kappa shape index (κ1) is 15.1. The molecule has 2 aromatic carbocycles. The van der Waals surface area contributed by atoms with E-state index < -0.39 is 0 Å². The van der Waals surface area contributed by atoms with Crippen molar-refractivity contribution in [2.45, 2.75) is 13.5 Å². The fourth-order valence-electron chi connectivity index (χ4n) is 1.85. The van der Waals surface area contributed by atoms with Gasteiger partial charge in [-0.2, -0.15) is 0 Å². The Morgan fingerprint density at radius 2 is 1.95 bits per heavy atom. The SMILES string of the molecule is CCNCc1cc(F)cc(OCC#Cc2ccccc2)c1. The molecule has 0 radical (unpaired) electrons. The van der Waals surface area contributed by atoms with E-state index in [-0.39, 0.29) is 12.4 Å². The molecule has 1 N–H and O–H groups in total. The molecule has 0 saturated heterocycles. The fourth-order valence-corrected chi connectivity index (χ4v) is 1.85. The van der Waals surface area contributed by atoms with Gasteiger partial charge in [0.15, 0.2) is 0 Å². The third-order valence-corrected chi connectivity index (χ3v) is 2.83. The molecule has 108 valence electrons. The van der Waals surface area contributed by atoms with Gasteiger partial charge in [-0.15, -0.1) is 0 Å². The zero-order valence-electron chi connectivity index (χ0n) is 12.0. The number of benzene rings is 2. The van der Waals surface area contributed by atoms with Crippen LogP contribution in [0, 0.1) is 17.7 Å². The maximum atomic E-state index is 13.5. The van der Waals surface area contributed by atoms with Crippen molar-refractivity contribution in [2.24, 2.45) is 0 Å². The summed E-state index contributed by atoms with van der Waals surface area (Å²) in [5.74, 6) is 6.13. The Bertz CT molecular complexity index is 629. The second-order valence-corrected chi connectivity index (χ2v) is 4.53. The molecule has 0 fully saturated rings. The number of nitrogens with one attached hydrogen (secondary N) is 1. The van der Waals surface area contributed by atoms with E-state index >= 15 is 0 Å². The van der Waals surface area contributed by atoms with E-state index in [1.165, 1.54) is 12.1 Å². The molecular weight excluding hydrogens is 265 g/mol. The maximum absolute atomic E-state index is 13.5. The molecule has 0 amide bonds. The minimum absolute atomic E-state index is 0.235. The summed E-state index contributed by atoms with van der Waals surface area (Å²) >= 11 is 0. The highest BCUT2D eigenvalue weighted by Crippen LogP contribution is 2.16. The smallest absolute Gasteiger partial charge is 0.149 e. The van der Waals surface area contributed by atoms with Gasteiger partial charge in [0.2, 0.25) is 0 Å². The normalized spacial score (nSPS) is 9.81. The highest BCUT2D eigenvalue weighted by Gasteiger charge is 2.01. The zero-order chi connectivity index (χ0) is 14.9. The maximum Gasteiger partial charge on any atom is 0.149 e. The fraction of sp³-hybridized carbons (Fsp3) is 0.222. The molecule has 2 rings (SSSR count). The van der Waals surface area contributed by atoms with E-state index in [2.05, 4.69) is 17.2 Å². The molecule has 0 aliphatic rings. The third-order valence-electron chi connectivity index (χ3n) is 2.83. The van der Waals surface area contributed by atoms with E-state index in [9.17, 15) is 4.39 Å². The van der Waals surface area contributed by atoms with Crippen molar-refractivity contribution in [3.05, 3.63) is 65.5 Å². The van der Waals surface area contributed by atoms with Gasteiger partial charge in [0.05, 0.1) is 0 Å². The van der Waals surface area contributed by atoms with Crippen molar-refractivity contribution >= 4 is 0 Å². The monoisotopic (exact) mass is 283 g/mol. The van der Waals surface area contributed by atoms with Crippen LogP contribution in [0.5, 0.6) is 5.75 Å². The summed E-state index contributed by atoms with van der Waals surface area (Å²) in [4.78, 5) is 0. The molecule has 0 aromatic heterocycles. The van der Waals surface area contributed by atoms with Crippen LogP contribution >= 0.6 is 0 Å². The molecule has 3 heteroatoms. The Balaban J connectivity index is 1.94. The van der Waals surface area contributed by atoms with Crippen LogP contribution in [0.4, 0.5) is 4.39 Å². The van der Waals surface area contributed by atoms with Crippen LogP contribution in [0.3, 0.4) is 0 Å². The van der Waals surface area contributed by atoms with Crippen LogP contribution in [0.15, 0.2) is 48.5 Å². The Hall–Kier alpha value is -2.31. The number of ether oxygens (including phenoxy) is 1. The molecule has 0 spiro atoms. The van der Waals surface area contributed by atoms with E-state index in [0.29, 0.717) is 12.3 Å². The summed E-state index contributed by atoms with van der Waals surface area (Å²) in [6, 6.07) is 14.4. The molecule has 21 heavy (non-hydrogen) atoms. The molecule has 0 saturated carbocycles. The Kier molecular flexibility index (Phi) is 5.81. The van der Waals surface area contributed by atoms with E-state index in [0.717, 1.165) is 17.7 Å². The average Bonchev–Trinajstić information content (AvgIpc) is 2.50. The van der Waals surface area contributed by atoms with E-state index in [4.69, 9.17) is 4.74 Å². The second kappa shape index (κ2) is 8.08. The van der Waals surface area contributed by atoms with Gasteiger partial charge in [-0.25, -0.2) is 4.39 Å². The van der Waals surface area contributed by atoms with Gasteiger partial charge in [-0.1, -0.05) is 37.0 Å². The minimum atomic E-state index is -0.295. The van der Waals surface area contributed by atoms with E-state index in [1.54, 1.807) is 0 Å². The predicted molar refractivity (Wildman–Crippen MR) is 82.6 cm³/mol. The molecular formula is C18H18FNO. The molecule has 0 bridgehead atoms. The summed E-state index contributed by atoms with van der Waals surface area (Å²) in [5, 5.41) is 3.16. The van der Waals surface area contributed by atoms with Crippen LogP contribution in [-0.4, -0.2) is 13.2 Å². The predicted octanol–water partition coefficient (Wildman–Crippen LogP) is 3.37. The highest BCUT2D eigenvalue weighted by atomic mass is 19.1. The first-order valence-corrected chi connectivity index (χ1v) is 6.95. The molecule has 2 nitrogen and oxygen atoms in total. The molecule has 0 atom stereocenters. The molecule has 0 aliphatic carbocycles. The topological polar surface area (TPSA) is 21.3 Å². The quantitative estimate of drug-likeness (QED) is 0.850. The van der Waals surface area contributed by atoms with Crippen LogP contribution in [-0.2, 0) is 6.54 Å². The third kappa shape index (κ3) is 5.29. The molecule has 2 aromatic rings. The summed E-state index contributed by atoms with van der Waals surface area (Å²) in [7, 11) is 0. The van der Waals surface area contributed by atoms with Crippen molar-refractivity contribution in [3.8, 4) is 17.6 Å². The number of halogens is 1. The van der Waals surface area contributed by atoms with Crippen LogP contribution in [0.2, 0.25) is 0 Å². The summed E-state index contributed by atoms with van der Waals surface area (Å²) in [6.45, 7) is 3.71. The van der Waals surface area contributed by atoms with Crippen LogP contribution < -0.4 is 10.1 Å². The number of hydrogen-bond acceptors (Lipinski definition) is 2. The standard InChI is InChI=1S/C18H18FNO/c1-2-20-14-16-11-17(19)13-18(12-16)21-10-6-9-15-7-4-3-5-8-15/h3-5,7-8,11-13,20H,2,10,14H2,1H3. The summed E-state index contributed by atoms with van der Waals surface area (Å²) in [6.07, 6.45) is 0. The van der Waals surface area contributed by atoms with Crippen LogP contribution in [0.25, 0.3) is 0 Å². The molecule has 0 aliphatic heterocycles. The first-order chi connectivity index (χ1) is 10.3. The Labute approximate surface area is 125 Å². The van der Waals surface area contributed by atoms with Gasteiger partial charge in [-0.05, 0) is 36.4 Å². The van der Waals surface area contributed by atoms with Gasteiger partial charge in [-0.3, -0.25) is 0 Å². The van der Waals surface area contributed by atoms with Crippen molar-refractivity contribution in [1.82, 2.24) is 5.32 Å². The Morgan fingerprint density at radius 1 is 1.14 bits per heavy atom. The average molecular weight is 283 g/mol. The lowest BCUT2D eigenvalue weighted by atomic mass is 10.2. The number of rotatable bonds is 5. The van der Waals surface area contributed by atoms with Gasteiger partial charge in [0, 0.05) is 18.2 Å². The van der Waals surface area contributed by atoms with E-state index in [1.807, 2.05) is 43.3 Å². The van der Waals surface area contributed by atoms with Gasteiger partial charge in [0.1, 0.15) is 18.2 Å². The number of hydrogen-bond donors (Lipinski definition) is 1. The molecule has 0 heterocycles. The van der Waals surface area contributed by atoms with Crippen molar-refractivity contribution < 1.29 is 9.13 Å². The lowest BCUT2D eigenvalue weighted by molar-refractivity contribution is 0.367. The van der Waals surface area contributed by atoms with Crippen LogP contribution in [0.1, 0.15) is 18.1 Å². The largest absolute Gasteiger partial charge is 0.481 e. The zero-order valence-corrected chi connectivity index (χ0v) is 12.0. The van der Waals surface area contributed by atoms with Crippen molar-refractivity contribution in [2.75, 3.05) is 13.2 Å². The summed E-state index contributed by atoms with van der Waals surface area (Å²) in [5.41, 5.74) is 1.80. The van der Waals surface area contributed by atoms with Gasteiger partial charge < -0.3 is 10.1 Å². The lowest BCUT2D eigenvalue weighted by Crippen LogP contribution is -2.12. The van der Waals surface area contributed by atoms with Gasteiger partial charge in [0.25, 0.3) is 0 Å². The highest BCUT2D eigenvalue weighted by molar-refractivity contribution is 5.34. The van der Waals surface area contributed by atoms with Gasteiger partial charge >= 0.3 is 0 Å². The lowest BCUT2D eigenvalue weighted by Gasteiger charge is -2.06. The summed E-state index contributed by atoms with van der Waals surface area (Å²) < 4.78 is 19.0. The molecule has 0 unspecified atom stereocenters. The Morgan fingerprint density at radius 3 is 2.71 bits per heavy atom.